The number of nitrogens with two attached hydrogens (primary N) is 1. The first kappa shape index (κ1) is 8.92. The van der Waals surface area contributed by atoms with E-state index in [0.29, 0.717) is 11.6 Å². The maximum atomic E-state index is 11.5. The number of rotatable bonds is 1. The Morgan fingerprint density at radius 1 is 1.71 bits per heavy atom. The van der Waals surface area contributed by atoms with Gasteiger partial charge in [-0.3, -0.25) is 15.5 Å². The Morgan fingerprint density at radius 2 is 2.50 bits per heavy atom. The number of amides is 1. The second-order valence-electron chi connectivity index (χ2n) is 2.89. The highest BCUT2D eigenvalue weighted by Crippen LogP contribution is 2.29. The van der Waals surface area contributed by atoms with E-state index in [9.17, 15) is 4.79 Å². The number of fused-ring (bicyclic) bond motifs is 1. The fraction of sp³-hybridized carbons (Fsp3) is 0.250. The lowest BCUT2D eigenvalue weighted by molar-refractivity contribution is -0.127. The molecule has 0 aliphatic carbocycles. The van der Waals surface area contributed by atoms with Crippen LogP contribution in [0.25, 0.3) is 0 Å². The normalized spacial score (nSPS) is 20.3. The molecule has 1 atom stereocenters. The minimum absolute atomic E-state index is 0.265. The van der Waals surface area contributed by atoms with Crippen LogP contribution in [0.4, 0.5) is 5.82 Å². The third-order valence-corrected chi connectivity index (χ3v) is 2.02. The van der Waals surface area contributed by atoms with Crippen molar-refractivity contribution in [1.29, 1.82) is 0 Å². The summed E-state index contributed by atoms with van der Waals surface area (Å²) >= 11 is 0. The van der Waals surface area contributed by atoms with Crippen LogP contribution >= 0.6 is 0 Å². The lowest BCUT2D eigenvalue weighted by Gasteiger charge is -2.29. The van der Waals surface area contributed by atoms with Crippen LogP contribution in [0, 0.1) is 0 Å². The molecule has 0 radical (unpaired) electrons. The molecule has 0 saturated heterocycles. The Balaban J connectivity index is 2.42. The molecule has 0 saturated carbocycles. The number of hydrogen-bond donors (Lipinski definition) is 2. The third kappa shape index (κ3) is 1.21. The number of aromatic nitrogens is 1. The molecule has 2 heterocycles. The van der Waals surface area contributed by atoms with Crippen molar-refractivity contribution >= 4 is 11.7 Å². The number of likely N-dealkylation sites (N-methyl/N-ethyl adjacent to an activating group) is 1. The molecule has 1 aliphatic heterocycles. The van der Waals surface area contributed by atoms with Gasteiger partial charge in [0.2, 0.25) is 6.23 Å². The lowest BCUT2D eigenvalue weighted by atomic mass is 10.3. The average molecular weight is 194 g/mol. The smallest absolute Gasteiger partial charge is 0.285 e. The first-order chi connectivity index (χ1) is 6.74. The van der Waals surface area contributed by atoms with Gasteiger partial charge in [-0.05, 0) is 12.1 Å². The number of nitrogens with one attached hydrogen (secondary N) is 1. The summed E-state index contributed by atoms with van der Waals surface area (Å²) in [6.07, 6.45) is 0.763. The Bertz CT molecular complexity index is 368. The molecule has 6 heteroatoms. The van der Waals surface area contributed by atoms with Crippen molar-refractivity contribution in [2.45, 2.75) is 6.23 Å². The number of carbonyl (C=O) groups is 1. The largest absolute Gasteiger partial charge is 0.461 e. The van der Waals surface area contributed by atoms with Crippen LogP contribution in [0.5, 0.6) is 5.75 Å². The zero-order chi connectivity index (χ0) is 10.1. The first-order valence-electron chi connectivity index (χ1n) is 4.09. The minimum Gasteiger partial charge on any atom is -0.461 e. The summed E-state index contributed by atoms with van der Waals surface area (Å²) in [5.74, 6) is 5.95. The van der Waals surface area contributed by atoms with Gasteiger partial charge in [0.25, 0.3) is 5.91 Å². The zero-order valence-electron chi connectivity index (χ0n) is 7.60. The van der Waals surface area contributed by atoms with E-state index in [1.54, 1.807) is 25.4 Å². The van der Waals surface area contributed by atoms with E-state index in [-0.39, 0.29) is 5.91 Å². The predicted molar refractivity (Wildman–Crippen MR) is 49.4 cm³/mol. The SMILES string of the molecule is CN1C(=O)C(NN)Oc2cccnc21. The number of hydrogen-bond acceptors (Lipinski definition) is 5. The molecule has 0 spiro atoms. The van der Waals surface area contributed by atoms with Gasteiger partial charge in [-0.2, -0.15) is 0 Å². The molecule has 14 heavy (non-hydrogen) atoms. The van der Waals surface area contributed by atoms with Crippen molar-refractivity contribution in [2.24, 2.45) is 5.84 Å². The molecule has 0 bridgehead atoms. The van der Waals surface area contributed by atoms with Gasteiger partial charge >= 0.3 is 0 Å². The van der Waals surface area contributed by atoms with E-state index >= 15 is 0 Å². The number of anilines is 1. The highest BCUT2D eigenvalue weighted by Gasteiger charge is 2.31. The fourth-order valence-electron chi connectivity index (χ4n) is 1.29. The van der Waals surface area contributed by atoms with Crippen LogP contribution in [0.2, 0.25) is 0 Å². The second-order valence-corrected chi connectivity index (χ2v) is 2.89. The second kappa shape index (κ2) is 3.24. The summed E-state index contributed by atoms with van der Waals surface area (Å²) in [5.41, 5.74) is 2.28. The standard InChI is InChI=1S/C8H10N4O2/c1-12-6-5(3-2-4-10-6)14-7(11-9)8(12)13/h2-4,7,11H,9H2,1H3. The molecular formula is C8H10N4O2. The molecule has 1 amide bonds. The van der Waals surface area contributed by atoms with Gasteiger partial charge in [0, 0.05) is 13.2 Å². The number of hydrazine groups is 1. The predicted octanol–water partition coefficient (Wildman–Crippen LogP) is -0.774. The summed E-state index contributed by atoms with van der Waals surface area (Å²) in [7, 11) is 1.63. The van der Waals surface area contributed by atoms with Gasteiger partial charge in [-0.1, -0.05) is 0 Å². The first-order valence-corrected chi connectivity index (χ1v) is 4.09. The van der Waals surface area contributed by atoms with Crippen LogP contribution in [0.1, 0.15) is 0 Å². The molecule has 74 valence electrons. The summed E-state index contributed by atoms with van der Waals surface area (Å²) in [4.78, 5) is 17.0. The van der Waals surface area contributed by atoms with Crippen LogP contribution in [-0.4, -0.2) is 24.2 Å². The van der Waals surface area contributed by atoms with E-state index in [2.05, 4.69) is 10.4 Å². The Hall–Kier alpha value is -1.66. The summed E-state index contributed by atoms with van der Waals surface area (Å²) < 4.78 is 5.27. The maximum Gasteiger partial charge on any atom is 0.285 e. The van der Waals surface area contributed by atoms with Gasteiger partial charge in [0.1, 0.15) is 0 Å². The molecule has 2 rings (SSSR count). The third-order valence-electron chi connectivity index (χ3n) is 2.02. The molecule has 6 nitrogen and oxygen atoms in total. The molecular weight excluding hydrogens is 184 g/mol. The Labute approximate surface area is 80.6 Å². The van der Waals surface area contributed by atoms with Gasteiger partial charge < -0.3 is 4.74 Å². The molecule has 3 N–H and O–H groups in total. The van der Waals surface area contributed by atoms with Crippen molar-refractivity contribution in [3.8, 4) is 5.75 Å². The molecule has 1 aliphatic rings. The molecule has 1 unspecified atom stereocenters. The molecule has 1 aromatic heterocycles. The highest BCUT2D eigenvalue weighted by atomic mass is 16.5. The molecule has 0 aromatic carbocycles. The van der Waals surface area contributed by atoms with Crippen molar-refractivity contribution < 1.29 is 9.53 Å². The van der Waals surface area contributed by atoms with Gasteiger partial charge in [0.05, 0.1) is 0 Å². The highest BCUT2D eigenvalue weighted by molar-refractivity contribution is 5.98. The summed E-state index contributed by atoms with van der Waals surface area (Å²) in [6.45, 7) is 0. The summed E-state index contributed by atoms with van der Waals surface area (Å²) in [5, 5.41) is 0. The molecule has 0 fully saturated rings. The van der Waals surface area contributed by atoms with E-state index in [0.717, 1.165) is 0 Å². The van der Waals surface area contributed by atoms with Crippen LogP contribution < -0.4 is 20.9 Å². The van der Waals surface area contributed by atoms with Crippen LogP contribution in [0.3, 0.4) is 0 Å². The maximum absolute atomic E-state index is 11.5. The van der Waals surface area contributed by atoms with E-state index in [4.69, 9.17) is 10.6 Å². The number of pyridine rings is 1. The minimum atomic E-state index is -0.836. The van der Waals surface area contributed by atoms with Gasteiger partial charge in [-0.15, -0.1) is 0 Å². The fourth-order valence-corrected chi connectivity index (χ4v) is 1.29. The lowest BCUT2D eigenvalue weighted by Crippen LogP contribution is -2.54. The van der Waals surface area contributed by atoms with Crippen molar-refractivity contribution in [2.75, 3.05) is 11.9 Å². The topological polar surface area (TPSA) is 80.5 Å². The average Bonchev–Trinajstić information content (AvgIpc) is 2.23. The van der Waals surface area contributed by atoms with Gasteiger partial charge in [0.15, 0.2) is 11.6 Å². The van der Waals surface area contributed by atoms with Gasteiger partial charge in [-0.25, -0.2) is 10.4 Å². The monoisotopic (exact) mass is 194 g/mol. The Morgan fingerprint density at radius 3 is 3.21 bits per heavy atom. The molecule has 1 aromatic rings. The Kier molecular flexibility index (Phi) is 2.06. The van der Waals surface area contributed by atoms with Crippen molar-refractivity contribution in [3.05, 3.63) is 18.3 Å². The number of carbonyl (C=O) groups excluding carboxylic acids is 1. The van der Waals surface area contributed by atoms with E-state index in [1.165, 1.54) is 4.90 Å². The van der Waals surface area contributed by atoms with Crippen molar-refractivity contribution in [1.82, 2.24) is 10.4 Å². The van der Waals surface area contributed by atoms with Crippen LogP contribution in [-0.2, 0) is 4.79 Å². The van der Waals surface area contributed by atoms with Crippen molar-refractivity contribution in [3.63, 3.8) is 0 Å². The summed E-state index contributed by atoms with van der Waals surface area (Å²) in [6, 6.07) is 3.46. The zero-order valence-corrected chi connectivity index (χ0v) is 7.60. The number of ether oxygens (including phenoxy) is 1. The van der Waals surface area contributed by atoms with E-state index in [1.807, 2.05) is 0 Å². The van der Waals surface area contributed by atoms with Crippen LogP contribution in [0.15, 0.2) is 18.3 Å². The van der Waals surface area contributed by atoms with E-state index < -0.39 is 6.23 Å². The number of nitrogens with zero attached hydrogens (tertiary/aromatic N) is 2. The quantitative estimate of drug-likeness (QED) is 0.453.